The van der Waals surface area contributed by atoms with Crippen LogP contribution in [0.3, 0.4) is 0 Å². The second-order valence-corrected chi connectivity index (χ2v) is 6.41. The minimum Gasteiger partial charge on any atom is -0.381 e. The lowest BCUT2D eigenvalue weighted by Crippen LogP contribution is -2.22. The number of hydrogen-bond donors (Lipinski definition) is 2. The molecule has 4 heteroatoms. The van der Waals surface area contributed by atoms with Crippen LogP contribution in [-0.4, -0.2) is 16.9 Å². The van der Waals surface area contributed by atoms with E-state index in [1.54, 1.807) is 12.4 Å². The smallest absolute Gasteiger partial charge is 0.257 e. The van der Waals surface area contributed by atoms with Gasteiger partial charge < -0.3 is 10.6 Å². The zero-order valence-electron chi connectivity index (χ0n) is 14.2. The molecule has 126 valence electrons. The highest BCUT2D eigenvalue weighted by Gasteiger charge is 2.14. The summed E-state index contributed by atoms with van der Waals surface area (Å²) < 4.78 is 0. The standard InChI is InChI=1S/C20H25N3O/c1-2-15-8-6-7-11-19(15)23-20(24)16-12-18(14-21-13-16)22-17-9-4-3-5-10-17/h6-8,11-14,17,22H,2-5,9-10H2,1H3,(H,23,24). The number of amides is 1. The summed E-state index contributed by atoms with van der Waals surface area (Å²) in [5, 5.41) is 6.52. The quantitative estimate of drug-likeness (QED) is 0.842. The van der Waals surface area contributed by atoms with Crippen molar-refractivity contribution in [3.63, 3.8) is 0 Å². The third kappa shape index (κ3) is 4.13. The number of carbonyl (C=O) groups is 1. The van der Waals surface area contributed by atoms with Crippen LogP contribution < -0.4 is 10.6 Å². The molecule has 1 heterocycles. The van der Waals surface area contributed by atoms with Crippen LogP contribution in [0.15, 0.2) is 42.7 Å². The molecule has 2 aromatic rings. The van der Waals surface area contributed by atoms with Crippen molar-refractivity contribution in [2.24, 2.45) is 0 Å². The lowest BCUT2D eigenvalue weighted by Gasteiger charge is -2.23. The van der Waals surface area contributed by atoms with Crippen molar-refractivity contribution in [1.82, 2.24) is 4.98 Å². The Hall–Kier alpha value is -2.36. The number of nitrogens with zero attached hydrogens (tertiary/aromatic N) is 1. The first kappa shape index (κ1) is 16.5. The summed E-state index contributed by atoms with van der Waals surface area (Å²) in [7, 11) is 0. The highest BCUT2D eigenvalue weighted by atomic mass is 16.1. The lowest BCUT2D eigenvalue weighted by atomic mass is 9.95. The van der Waals surface area contributed by atoms with E-state index in [4.69, 9.17) is 0 Å². The van der Waals surface area contributed by atoms with E-state index < -0.39 is 0 Å². The molecule has 0 atom stereocenters. The van der Waals surface area contributed by atoms with Crippen molar-refractivity contribution in [3.05, 3.63) is 53.9 Å². The van der Waals surface area contributed by atoms with Crippen LogP contribution in [0.1, 0.15) is 54.9 Å². The van der Waals surface area contributed by atoms with Crippen LogP contribution in [0.25, 0.3) is 0 Å². The van der Waals surface area contributed by atoms with E-state index in [9.17, 15) is 4.79 Å². The van der Waals surface area contributed by atoms with Crippen LogP contribution in [0.5, 0.6) is 0 Å². The number of carbonyl (C=O) groups excluding carboxylic acids is 1. The summed E-state index contributed by atoms with van der Waals surface area (Å²) in [6, 6.07) is 10.3. The zero-order chi connectivity index (χ0) is 16.8. The summed E-state index contributed by atoms with van der Waals surface area (Å²) in [5.74, 6) is -0.115. The molecule has 4 nitrogen and oxygen atoms in total. The second kappa shape index (κ2) is 7.95. The van der Waals surface area contributed by atoms with Crippen LogP contribution in [0, 0.1) is 0 Å². The molecule has 3 rings (SSSR count). The number of benzene rings is 1. The average molecular weight is 323 g/mol. The third-order valence-electron chi connectivity index (χ3n) is 4.62. The normalized spacial score (nSPS) is 15.0. The van der Waals surface area contributed by atoms with Crippen molar-refractivity contribution in [3.8, 4) is 0 Å². The van der Waals surface area contributed by atoms with Crippen molar-refractivity contribution in [2.45, 2.75) is 51.5 Å². The van der Waals surface area contributed by atoms with E-state index in [1.807, 2.05) is 30.3 Å². The van der Waals surface area contributed by atoms with Gasteiger partial charge in [0.2, 0.25) is 0 Å². The summed E-state index contributed by atoms with van der Waals surface area (Å²) >= 11 is 0. The van der Waals surface area contributed by atoms with Crippen molar-refractivity contribution < 1.29 is 4.79 Å². The lowest BCUT2D eigenvalue weighted by molar-refractivity contribution is 0.102. The summed E-state index contributed by atoms with van der Waals surface area (Å²) in [4.78, 5) is 16.8. The zero-order valence-corrected chi connectivity index (χ0v) is 14.2. The Morgan fingerprint density at radius 2 is 1.96 bits per heavy atom. The number of aryl methyl sites for hydroxylation is 1. The van der Waals surface area contributed by atoms with E-state index >= 15 is 0 Å². The van der Waals surface area contributed by atoms with E-state index in [-0.39, 0.29) is 5.91 Å². The van der Waals surface area contributed by atoms with Gasteiger partial charge in [0.05, 0.1) is 11.3 Å². The van der Waals surface area contributed by atoms with Crippen molar-refractivity contribution in [1.29, 1.82) is 0 Å². The van der Waals surface area contributed by atoms with E-state index in [0.717, 1.165) is 23.4 Å². The number of aromatic nitrogens is 1. The largest absolute Gasteiger partial charge is 0.381 e. The topological polar surface area (TPSA) is 54.0 Å². The molecule has 0 bridgehead atoms. The Kier molecular flexibility index (Phi) is 5.47. The highest BCUT2D eigenvalue weighted by molar-refractivity contribution is 6.04. The molecule has 24 heavy (non-hydrogen) atoms. The number of nitrogens with one attached hydrogen (secondary N) is 2. The molecule has 1 aliphatic rings. The maximum absolute atomic E-state index is 12.5. The Bertz CT molecular complexity index is 693. The van der Waals surface area contributed by atoms with Crippen LogP contribution >= 0.6 is 0 Å². The number of anilines is 2. The minimum atomic E-state index is -0.115. The molecular formula is C20H25N3O. The maximum Gasteiger partial charge on any atom is 0.257 e. The van der Waals surface area contributed by atoms with Gasteiger partial charge in [0.25, 0.3) is 5.91 Å². The summed E-state index contributed by atoms with van der Waals surface area (Å²) in [6.07, 6.45) is 10.6. The van der Waals surface area contributed by atoms with Crippen LogP contribution in [0.4, 0.5) is 11.4 Å². The predicted molar refractivity (Wildman–Crippen MR) is 98.5 cm³/mol. The first-order valence-corrected chi connectivity index (χ1v) is 8.87. The molecule has 1 saturated carbocycles. The van der Waals surface area contributed by atoms with Gasteiger partial charge in [-0.3, -0.25) is 9.78 Å². The number of pyridine rings is 1. The summed E-state index contributed by atoms with van der Waals surface area (Å²) in [6.45, 7) is 2.08. The molecule has 0 saturated heterocycles. The average Bonchev–Trinajstić information content (AvgIpc) is 2.63. The van der Waals surface area contributed by atoms with Gasteiger partial charge in [-0.15, -0.1) is 0 Å². The molecular weight excluding hydrogens is 298 g/mol. The van der Waals surface area contributed by atoms with Crippen LogP contribution in [-0.2, 0) is 6.42 Å². The van der Waals surface area contributed by atoms with E-state index in [0.29, 0.717) is 11.6 Å². The van der Waals surface area contributed by atoms with Crippen molar-refractivity contribution in [2.75, 3.05) is 10.6 Å². The fraction of sp³-hybridized carbons (Fsp3) is 0.400. The Morgan fingerprint density at radius 1 is 1.17 bits per heavy atom. The molecule has 0 unspecified atom stereocenters. The summed E-state index contributed by atoms with van der Waals surface area (Å²) in [5.41, 5.74) is 3.52. The van der Waals surface area contributed by atoms with Gasteiger partial charge in [-0.05, 0) is 37.0 Å². The molecule has 1 fully saturated rings. The van der Waals surface area contributed by atoms with Gasteiger partial charge in [-0.2, -0.15) is 0 Å². The minimum absolute atomic E-state index is 0.115. The Labute approximate surface area is 143 Å². The van der Waals surface area contributed by atoms with Gasteiger partial charge in [-0.1, -0.05) is 44.4 Å². The van der Waals surface area contributed by atoms with Gasteiger partial charge in [-0.25, -0.2) is 0 Å². The fourth-order valence-electron chi connectivity index (χ4n) is 3.27. The first-order chi connectivity index (χ1) is 11.8. The van der Waals surface area contributed by atoms with E-state index in [1.165, 1.54) is 32.1 Å². The van der Waals surface area contributed by atoms with Crippen LogP contribution in [0.2, 0.25) is 0 Å². The third-order valence-corrected chi connectivity index (χ3v) is 4.62. The number of para-hydroxylation sites is 1. The molecule has 1 aromatic heterocycles. The second-order valence-electron chi connectivity index (χ2n) is 6.41. The molecule has 2 N–H and O–H groups in total. The van der Waals surface area contributed by atoms with Gasteiger partial charge >= 0.3 is 0 Å². The Morgan fingerprint density at radius 3 is 2.75 bits per heavy atom. The van der Waals surface area contributed by atoms with Crippen molar-refractivity contribution >= 4 is 17.3 Å². The molecule has 0 radical (unpaired) electrons. The monoisotopic (exact) mass is 323 g/mol. The van der Waals surface area contributed by atoms with E-state index in [2.05, 4.69) is 22.5 Å². The fourth-order valence-corrected chi connectivity index (χ4v) is 3.27. The molecule has 1 amide bonds. The molecule has 0 aliphatic heterocycles. The highest BCUT2D eigenvalue weighted by Crippen LogP contribution is 2.22. The first-order valence-electron chi connectivity index (χ1n) is 8.87. The SMILES string of the molecule is CCc1ccccc1NC(=O)c1cncc(NC2CCCCC2)c1. The molecule has 1 aromatic carbocycles. The predicted octanol–water partition coefficient (Wildman–Crippen LogP) is 4.64. The number of hydrogen-bond acceptors (Lipinski definition) is 3. The van der Waals surface area contributed by atoms with Gasteiger partial charge in [0.1, 0.15) is 0 Å². The molecule has 0 spiro atoms. The number of rotatable bonds is 5. The molecule has 1 aliphatic carbocycles. The van der Waals surface area contributed by atoms with Gasteiger partial charge in [0, 0.05) is 24.1 Å². The van der Waals surface area contributed by atoms with Gasteiger partial charge in [0.15, 0.2) is 0 Å². The maximum atomic E-state index is 12.5. The Balaban J connectivity index is 1.69.